The Bertz CT molecular complexity index is 217. The average molecular weight is 242 g/mol. The Kier molecular flexibility index (Phi) is 5.22. The summed E-state index contributed by atoms with van der Waals surface area (Å²) < 4.78 is 11.5. The second-order valence-corrected chi connectivity index (χ2v) is 5.15. The Morgan fingerprint density at radius 1 is 1.41 bits per heavy atom. The molecule has 0 saturated carbocycles. The molecule has 17 heavy (non-hydrogen) atoms. The van der Waals surface area contributed by atoms with E-state index in [9.17, 15) is 0 Å². The highest BCUT2D eigenvalue weighted by molar-refractivity contribution is 4.88. The second-order valence-electron chi connectivity index (χ2n) is 5.15. The number of rotatable bonds is 5. The van der Waals surface area contributed by atoms with Crippen molar-refractivity contribution in [3.63, 3.8) is 0 Å². The van der Waals surface area contributed by atoms with Crippen molar-refractivity contribution in [2.45, 2.75) is 31.9 Å². The van der Waals surface area contributed by atoms with Crippen molar-refractivity contribution >= 4 is 0 Å². The maximum atomic E-state index is 5.96. The normalized spacial score (nSPS) is 32.8. The Morgan fingerprint density at radius 2 is 2.29 bits per heavy atom. The number of hydrogen-bond acceptors (Lipinski definition) is 4. The van der Waals surface area contributed by atoms with Crippen molar-refractivity contribution in [2.24, 2.45) is 5.92 Å². The number of ether oxygens (including phenoxy) is 2. The van der Waals surface area contributed by atoms with Crippen LogP contribution in [0.2, 0.25) is 0 Å². The predicted octanol–water partition coefficient (Wildman–Crippen LogP) is 0.722. The highest BCUT2D eigenvalue weighted by Crippen LogP contribution is 2.22. The van der Waals surface area contributed by atoms with E-state index in [0.717, 1.165) is 32.9 Å². The van der Waals surface area contributed by atoms with Crippen LogP contribution in [0.5, 0.6) is 0 Å². The largest absolute Gasteiger partial charge is 0.381 e. The maximum Gasteiger partial charge on any atom is 0.0858 e. The molecule has 2 fully saturated rings. The Labute approximate surface area is 105 Å². The fourth-order valence-corrected chi connectivity index (χ4v) is 3.03. The number of likely N-dealkylation sites (N-methyl/N-ethyl adjacent to an activating group) is 1. The van der Waals surface area contributed by atoms with Gasteiger partial charge in [0.2, 0.25) is 0 Å². The topological polar surface area (TPSA) is 33.7 Å². The van der Waals surface area contributed by atoms with E-state index in [-0.39, 0.29) is 0 Å². The SMILES string of the molecule is CCCN1CCOC(C(NC)C2CCOC2)C1. The molecule has 2 aliphatic rings. The first kappa shape index (κ1) is 13.3. The first-order valence-corrected chi connectivity index (χ1v) is 6.94. The number of nitrogens with one attached hydrogen (secondary N) is 1. The molecule has 0 bridgehead atoms. The van der Waals surface area contributed by atoms with Crippen molar-refractivity contribution in [1.29, 1.82) is 0 Å². The van der Waals surface area contributed by atoms with Gasteiger partial charge in [-0.2, -0.15) is 0 Å². The van der Waals surface area contributed by atoms with Gasteiger partial charge in [-0.25, -0.2) is 0 Å². The van der Waals surface area contributed by atoms with Crippen LogP contribution < -0.4 is 5.32 Å². The Hall–Kier alpha value is -0.160. The predicted molar refractivity (Wildman–Crippen MR) is 68.2 cm³/mol. The van der Waals surface area contributed by atoms with Crippen molar-refractivity contribution in [2.75, 3.05) is 46.5 Å². The molecule has 0 spiro atoms. The molecule has 2 rings (SSSR count). The summed E-state index contributed by atoms with van der Waals surface area (Å²) in [6.45, 7) is 8.25. The standard InChI is InChI=1S/C13H26N2O2/c1-3-5-15-6-8-17-12(9-15)13(14-2)11-4-7-16-10-11/h11-14H,3-10H2,1-2H3. The van der Waals surface area contributed by atoms with Crippen LogP contribution in [0.3, 0.4) is 0 Å². The number of hydrogen-bond donors (Lipinski definition) is 1. The minimum absolute atomic E-state index is 0.326. The van der Waals surface area contributed by atoms with Crippen LogP contribution >= 0.6 is 0 Å². The lowest BCUT2D eigenvalue weighted by atomic mass is 9.93. The van der Waals surface area contributed by atoms with Gasteiger partial charge >= 0.3 is 0 Å². The molecule has 2 saturated heterocycles. The van der Waals surface area contributed by atoms with Gasteiger partial charge in [0.25, 0.3) is 0 Å². The Balaban J connectivity index is 1.89. The van der Waals surface area contributed by atoms with Gasteiger partial charge in [-0.05, 0) is 26.4 Å². The van der Waals surface area contributed by atoms with Crippen LogP contribution in [-0.2, 0) is 9.47 Å². The van der Waals surface area contributed by atoms with E-state index in [1.54, 1.807) is 0 Å². The van der Waals surface area contributed by atoms with Gasteiger partial charge in [-0.15, -0.1) is 0 Å². The monoisotopic (exact) mass is 242 g/mol. The molecular formula is C13H26N2O2. The summed E-state index contributed by atoms with van der Waals surface area (Å²) in [5, 5.41) is 3.44. The van der Waals surface area contributed by atoms with Crippen LogP contribution in [0.4, 0.5) is 0 Å². The lowest BCUT2D eigenvalue weighted by molar-refractivity contribution is -0.0555. The summed E-state index contributed by atoms with van der Waals surface area (Å²) in [6.07, 6.45) is 2.72. The third-order valence-corrected chi connectivity index (χ3v) is 3.92. The molecule has 4 heteroatoms. The van der Waals surface area contributed by atoms with Gasteiger partial charge in [-0.1, -0.05) is 6.92 Å². The zero-order valence-electron chi connectivity index (χ0n) is 11.2. The van der Waals surface area contributed by atoms with Crippen LogP contribution in [0.1, 0.15) is 19.8 Å². The minimum Gasteiger partial charge on any atom is -0.381 e. The molecule has 4 nitrogen and oxygen atoms in total. The second kappa shape index (κ2) is 6.69. The van der Waals surface area contributed by atoms with E-state index in [0.29, 0.717) is 18.1 Å². The van der Waals surface area contributed by atoms with Gasteiger partial charge < -0.3 is 14.8 Å². The zero-order chi connectivity index (χ0) is 12.1. The molecule has 0 aromatic rings. The van der Waals surface area contributed by atoms with Crippen LogP contribution in [0.15, 0.2) is 0 Å². The van der Waals surface area contributed by atoms with Crippen LogP contribution in [0, 0.1) is 5.92 Å². The molecule has 0 amide bonds. The fraction of sp³-hybridized carbons (Fsp3) is 1.00. The molecule has 3 unspecified atom stereocenters. The van der Waals surface area contributed by atoms with E-state index >= 15 is 0 Å². The molecule has 0 aromatic heterocycles. The summed E-state index contributed by atoms with van der Waals surface area (Å²) in [4.78, 5) is 2.52. The quantitative estimate of drug-likeness (QED) is 0.770. The fourth-order valence-electron chi connectivity index (χ4n) is 3.03. The van der Waals surface area contributed by atoms with Crippen molar-refractivity contribution in [1.82, 2.24) is 10.2 Å². The molecule has 0 radical (unpaired) electrons. The third kappa shape index (κ3) is 3.41. The smallest absolute Gasteiger partial charge is 0.0858 e. The summed E-state index contributed by atoms with van der Waals surface area (Å²) in [5.74, 6) is 0.617. The highest BCUT2D eigenvalue weighted by atomic mass is 16.5. The van der Waals surface area contributed by atoms with Crippen LogP contribution in [-0.4, -0.2) is 63.5 Å². The van der Waals surface area contributed by atoms with E-state index in [4.69, 9.17) is 9.47 Å². The molecule has 2 heterocycles. The zero-order valence-corrected chi connectivity index (χ0v) is 11.2. The first-order valence-electron chi connectivity index (χ1n) is 6.94. The van der Waals surface area contributed by atoms with E-state index in [1.165, 1.54) is 19.4 Å². The summed E-state index contributed by atoms with van der Waals surface area (Å²) >= 11 is 0. The third-order valence-electron chi connectivity index (χ3n) is 3.92. The number of morpholine rings is 1. The maximum absolute atomic E-state index is 5.96. The number of nitrogens with zero attached hydrogens (tertiary/aromatic N) is 1. The summed E-state index contributed by atoms with van der Waals surface area (Å²) in [6, 6.07) is 0.442. The molecule has 3 atom stereocenters. The van der Waals surface area contributed by atoms with Gasteiger partial charge in [0.1, 0.15) is 0 Å². The van der Waals surface area contributed by atoms with Crippen LogP contribution in [0.25, 0.3) is 0 Å². The molecule has 0 aliphatic carbocycles. The molecule has 1 N–H and O–H groups in total. The summed E-state index contributed by atoms with van der Waals surface area (Å²) in [5.41, 5.74) is 0. The van der Waals surface area contributed by atoms with E-state index < -0.39 is 0 Å². The van der Waals surface area contributed by atoms with Crippen molar-refractivity contribution < 1.29 is 9.47 Å². The average Bonchev–Trinajstić information content (AvgIpc) is 2.85. The highest BCUT2D eigenvalue weighted by Gasteiger charge is 2.34. The van der Waals surface area contributed by atoms with Gasteiger partial charge in [0.05, 0.1) is 19.3 Å². The summed E-state index contributed by atoms with van der Waals surface area (Å²) in [7, 11) is 2.05. The molecule has 2 aliphatic heterocycles. The molecular weight excluding hydrogens is 216 g/mol. The molecule has 0 aromatic carbocycles. The van der Waals surface area contributed by atoms with Crippen molar-refractivity contribution in [3.8, 4) is 0 Å². The van der Waals surface area contributed by atoms with E-state index in [2.05, 4.69) is 17.1 Å². The van der Waals surface area contributed by atoms with E-state index in [1.807, 2.05) is 7.05 Å². The minimum atomic E-state index is 0.326. The Morgan fingerprint density at radius 3 is 2.94 bits per heavy atom. The lowest BCUT2D eigenvalue weighted by Crippen LogP contribution is -2.54. The van der Waals surface area contributed by atoms with Crippen molar-refractivity contribution in [3.05, 3.63) is 0 Å². The van der Waals surface area contributed by atoms with Gasteiger partial charge in [0.15, 0.2) is 0 Å². The lowest BCUT2D eigenvalue weighted by Gasteiger charge is -2.38. The first-order chi connectivity index (χ1) is 8.35. The van der Waals surface area contributed by atoms with Gasteiger partial charge in [0, 0.05) is 31.7 Å². The van der Waals surface area contributed by atoms with Gasteiger partial charge in [-0.3, -0.25) is 4.90 Å². The molecule has 100 valence electrons.